The van der Waals surface area contributed by atoms with Crippen molar-refractivity contribution >= 4 is 5.69 Å². The van der Waals surface area contributed by atoms with Gasteiger partial charge in [-0.05, 0) is 30.5 Å². The van der Waals surface area contributed by atoms with E-state index in [9.17, 15) is 0 Å². The summed E-state index contributed by atoms with van der Waals surface area (Å²) in [5, 5.41) is 4.01. The van der Waals surface area contributed by atoms with Crippen LogP contribution in [0.25, 0.3) is 11.4 Å². The molecule has 2 N–H and O–H groups in total. The third-order valence-corrected chi connectivity index (χ3v) is 3.31. The molecule has 0 fully saturated rings. The maximum atomic E-state index is 5.76. The topological polar surface area (TPSA) is 64.9 Å². The van der Waals surface area contributed by atoms with E-state index in [1.807, 2.05) is 30.3 Å². The van der Waals surface area contributed by atoms with Gasteiger partial charge < -0.3 is 10.3 Å². The quantitative estimate of drug-likeness (QED) is 0.726. The third-order valence-electron chi connectivity index (χ3n) is 3.31. The number of aryl methyl sites for hydroxylation is 2. The standard InChI is InChI=1S/C17H17N3O/c18-15-10-5-9-14(12-15)17-19-16(21-20-17)11-4-8-13-6-2-1-3-7-13/h1-3,5-7,9-10,12H,4,8,11,18H2. The molecule has 0 saturated heterocycles. The summed E-state index contributed by atoms with van der Waals surface area (Å²) in [4.78, 5) is 4.42. The number of anilines is 1. The lowest BCUT2D eigenvalue weighted by molar-refractivity contribution is 0.376. The van der Waals surface area contributed by atoms with Gasteiger partial charge in [-0.1, -0.05) is 47.6 Å². The van der Waals surface area contributed by atoms with E-state index in [0.29, 0.717) is 17.4 Å². The van der Waals surface area contributed by atoms with Gasteiger partial charge in [-0.15, -0.1) is 0 Å². The molecule has 4 heteroatoms. The number of nitrogens with two attached hydrogens (primary N) is 1. The lowest BCUT2D eigenvalue weighted by atomic mass is 10.1. The maximum absolute atomic E-state index is 5.76. The largest absolute Gasteiger partial charge is 0.399 e. The number of benzene rings is 2. The van der Waals surface area contributed by atoms with Crippen LogP contribution < -0.4 is 5.73 Å². The van der Waals surface area contributed by atoms with Gasteiger partial charge in [0.2, 0.25) is 11.7 Å². The van der Waals surface area contributed by atoms with E-state index in [0.717, 1.165) is 24.8 Å². The summed E-state index contributed by atoms with van der Waals surface area (Å²) in [7, 11) is 0. The average molecular weight is 279 g/mol. The molecule has 0 spiro atoms. The van der Waals surface area contributed by atoms with Gasteiger partial charge in [0, 0.05) is 17.7 Å². The molecule has 2 aromatic carbocycles. The van der Waals surface area contributed by atoms with Gasteiger partial charge in [-0.25, -0.2) is 0 Å². The second-order valence-electron chi connectivity index (χ2n) is 4.98. The minimum Gasteiger partial charge on any atom is -0.399 e. The van der Waals surface area contributed by atoms with Gasteiger partial charge >= 0.3 is 0 Å². The van der Waals surface area contributed by atoms with Crippen molar-refractivity contribution in [3.05, 3.63) is 66.1 Å². The minimum atomic E-state index is 0.594. The maximum Gasteiger partial charge on any atom is 0.226 e. The van der Waals surface area contributed by atoms with Crippen molar-refractivity contribution in [2.75, 3.05) is 5.73 Å². The Bertz CT molecular complexity index is 707. The zero-order valence-electron chi connectivity index (χ0n) is 11.7. The lowest BCUT2D eigenvalue weighted by Gasteiger charge is -1.98. The van der Waals surface area contributed by atoms with Crippen LogP contribution in [-0.2, 0) is 12.8 Å². The van der Waals surface area contributed by atoms with E-state index in [-0.39, 0.29) is 0 Å². The van der Waals surface area contributed by atoms with Crippen LogP contribution in [0.15, 0.2) is 59.1 Å². The highest BCUT2D eigenvalue weighted by molar-refractivity contribution is 5.60. The van der Waals surface area contributed by atoms with E-state index in [1.54, 1.807) is 0 Å². The summed E-state index contributed by atoms with van der Waals surface area (Å²) < 4.78 is 5.29. The molecule has 0 saturated carbocycles. The zero-order chi connectivity index (χ0) is 14.5. The van der Waals surface area contributed by atoms with E-state index in [2.05, 4.69) is 34.4 Å². The predicted molar refractivity (Wildman–Crippen MR) is 82.6 cm³/mol. The molecule has 0 radical (unpaired) electrons. The van der Waals surface area contributed by atoms with Gasteiger partial charge in [0.1, 0.15) is 0 Å². The summed E-state index contributed by atoms with van der Waals surface area (Å²) in [6.07, 6.45) is 2.78. The Morgan fingerprint density at radius 1 is 0.952 bits per heavy atom. The highest BCUT2D eigenvalue weighted by atomic mass is 16.5. The van der Waals surface area contributed by atoms with Crippen LogP contribution in [0.3, 0.4) is 0 Å². The highest BCUT2D eigenvalue weighted by Crippen LogP contribution is 2.18. The monoisotopic (exact) mass is 279 g/mol. The predicted octanol–water partition coefficient (Wildman–Crippen LogP) is 3.49. The first-order valence-corrected chi connectivity index (χ1v) is 7.04. The summed E-state index contributed by atoms with van der Waals surface area (Å²) in [5.74, 6) is 1.26. The molecular weight excluding hydrogens is 262 g/mol. The third kappa shape index (κ3) is 3.48. The normalized spacial score (nSPS) is 10.7. The van der Waals surface area contributed by atoms with E-state index in [1.165, 1.54) is 5.56 Å². The first-order valence-electron chi connectivity index (χ1n) is 7.04. The molecule has 106 valence electrons. The van der Waals surface area contributed by atoms with E-state index >= 15 is 0 Å². The van der Waals surface area contributed by atoms with Gasteiger partial charge in [0.25, 0.3) is 0 Å². The molecule has 0 unspecified atom stereocenters. The first kappa shape index (κ1) is 13.4. The SMILES string of the molecule is Nc1cccc(-c2noc(CCCc3ccccc3)n2)c1. The van der Waals surface area contributed by atoms with Crippen LogP contribution in [0.1, 0.15) is 17.9 Å². The summed E-state index contributed by atoms with van der Waals surface area (Å²) in [6.45, 7) is 0. The molecule has 0 aliphatic heterocycles. The molecule has 0 aliphatic carbocycles. The molecule has 4 nitrogen and oxygen atoms in total. The molecule has 0 amide bonds. The molecule has 21 heavy (non-hydrogen) atoms. The van der Waals surface area contributed by atoms with Gasteiger partial charge in [0.15, 0.2) is 0 Å². The summed E-state index contributed by atoms with van der Waals surface area (Å²) in [5.41, 5.74) is 8.67. The van der Waals surface area contributed by atoms with Crippen molar-refractivity contribution in [2.24, 2.45) is 0 Å². The highest BCUT2D eigenvalue weighted by Gasteiger charge is 2.08. The van der Waals surface area contributed by atoms with Crippen molar-refractivity contribution in [2.45, 2.75) is 19.3 Å². The summed E-state index contributed by atoms with van der Waals surface area (Å²) >= 11 is 0. The van der Waals surface area contributed by atoms with Crippen molar-refractivity contribution in [1.29, 1.82) is 0 Å². The molecule has 0 aliphatic rings. The van der Waals surface area contributed by atoms with E-state index in [4.69, 9.17) is 10.3 Å². The fraction of sp³-hybridized carbons (Fsp3) is 0.176. The number of aromatic nitrogens is 2. The van der Waals surface area contributed by atoms with Crippen molar-refractivity contribution < 1.29 is 4.52 Å². The lowest BCUT2D eigenvalue weighted by Crippen LogP contribution is -1.90. The van der Waals surface area contributed by atoms with Crippen molar-refractivity contribution in [3.63, 3.8) is 0 Å². The van der Waals surface area contributed by atoms with Gasteiger partial charge in [-0.3, -0.25) is 0 Å². The number of rotatable bonds is 5. The Hall–Kier alpha value is -2.62. The Kier molecular flexibility index (Phi) is 3.96. The molecule has 1 aromatic heterocycles. The molecular formula is C17H17N3O. The number of nitrogens with zero attached hydrogens (tertiary/aromatic N) is 2. The fourth-order valence-electron chi connectivity index (χ4n) is 2.24. The van der Waals surface area contributed by atoms with Crippen LogP contribution in [0.2, 0.25) is 0 Å². The summed E-state index contributed by atoms with van der Waals surface area (Å²) in [6, 6.07) is 17.9. The molecule has 0 bridgehead atoms. The second-order valence-corrected chi connectivity index (χ2v) is 4.98. The van der Waals surface area contributed by atoms with Gasteiger partial charge in [0.05, 0.1) is 0 Å². The Balaban J connectivity index is 1.60. The van der Waals surface area contributed by atoms with E-state index < -0.39 is 0 Å². The van der Waals surface area contributed by atoms with Crippen LogP contribution in [-0.4, -0.2) is 10.1 Å². The minimum absolute atomic E-state index is 0.594. The Morgan fingerprint density at radius 3 is 2.62 bits per heavy atom. The number of nitrogen functional groups attached to an aromatic ring is 1. The van der Waals surface area contributed by atoms with Crippen LogP contribution >= 0.6 is 0 Å². The number of hydrogen-bond acceptors (Lipinski definition) is 4. The fourth-order valence-corrected chi connectivity index (χ4v) is 2.24. The van der Waals surface area contributed by atoms with Crippen LogP contribution in [0.5, 0.6) is 0 Å². The van der Waals surface area contributed by atoms with Crippen molar-refractivity contribution in [3.8, 4) is 11.4 Å². The average Bonchev–Trinajstić information content (AvgIpc) is 2.97. The molecule has 1 heterocycles. The molecule has 0 atom stereocenters. The smallest absolute Gasteiger partial charge is 0.226 e. The Labute approximate surface area is 123 Å². The Morgan fingerprint density at radius 2 is 1.81 bits per heavy atom. The second kappa shape index (κ2) is 6.22. The number of hydrogen-bond donors (Lipinski definition) is 1. The zero-order valence-corrected chi connectivity index (χ0v) is 11.7. The van der Waals surface area contributed by atoms with Gasteiger partial charge in [-0.2, -0.15) is 4.98 Å². The van der Waals surface area contributed by atoms with Crippen LogP contribution in [0, 0.1) is 0 Å². The molecule has 3 rings (SSSR count). The first-order chi connectivity index (χ1) is 10.3. The van der Waals surface area contributed by atoms with Crippen molar-refractivity contribution in [1.82, 2.24) is 10.1 Å². The molecule has 3 aromatic rings. The van der Waals surface area contributed by atoms with Crippen LogP contribution in [0.4, 0.5) is 5.69 Å².